The minimum atomic E-state index is 0.114. The first kappa shape index (κ1) is 14.1. The van der Waals surface area contributed by atoms with Gasteiger partial charge < -0.3 is 10.5 Å². The molecule has 0 bridgehead atoms. The molecule has 4 nitrogen and oxygen atoms in total. The molecule has 1 atom stereocenters. The molecule has 0 aliphatic carbocycles. The zero-order chi connectivity index (χ0) is 13.7. The molecule has 0 spiro atoms. The Kier molecular flexibility index (Phi) is 4.99. The van der Waals surface area contributed by atoms with Crippen molar-refractivity contribution >= 4 is 15.9 Å². The van der Waals surface area contributed by atoms with Crippen LogP contribution < -0.4 is 10.5 Å². The number of nitrogens with two attached hydrogens (primary N) is 1. The minimum absolute atomic E-state index is 0.114. The van der Waals surface area contributed by atoms with Gasteiger partial charge in [0.2, 0.25) is 0 Å². The van der Waals surface area contributed by atoms with Crippen molar-refractivity contribution in [2.45, 2.75) is 25.9 Å². The summed E-state index contributed by atoms with van der Waals surface area (Å²) in [7, 11) is 0. The fourth-order valence-electron chi connectivity index (χ4n) is 1.88. The predicted octanol–water partition coefficient (Wildman–Crippen LogP) is 2.61. The van der Waals surface area contributed by atoms with Crippen LogP contribution in [-0.4, -0.2) is 22.4 Å². The Bertz CT molecular complexity index is 511. The van der Waals surface area contributed by atoms with Crippen LogP contribution in [0.25, 0.3) is 0 Å². The number of nitrogens with zero attached hydrogens (tertiary/aromatic N) is 2. The highest BCUT2D eigenvalue weighted by molar-refractivity contribution is 9.10. The minimum Gasteiger partial charge on any atom is -0.491 e. The van der Waals surface area contributed by atoms with E-state index in [1.807, 2.05) is 36.0 Å². The third-order valence-corrected chi connectivity index (χ3v) is 3.19. The maximum Gasteiger partial charge on any atom is 0.122 e. The third kappa shape index (κ3) is 4.36. The molecular weight excluding hydrogens is 306 g/mol. The zero-order valence-electron chi connectivity index (χ0n) is 10.9. The molecule has 0 saturated carbocycles. The topological polar surface area (TPSA) is 53.1 Å². The number of hydrogen-bond donors (Lipinski definition) is 1. The summed E-state index contributed by atoms with van der Waals surface area (Å²) in [6.07, 6.45) is 4.49. The van der Waals surface area contributed by atoms with Crippen molar-refractivity contribution in [2.75, 3.05) is 6.61 Å². The van der Waals surface area contributed by atoms with E-state index in [1.165, 1.54) is 0 Å². The second-order valence-electron chi connectivity index (χ2n) is 4.55. The van der Waals surface area contributed by atoms with Gasteiger partial charge in [-0.05, 0) is 43.2 Å². The Morgan fingerprint density at radius 3 is 3.00 bits per heavy atom. The van der Waals surface area contributed by atoms with Crippen molar-refractivity contribution in [1.82, 2.24) is 9.78 Å². The van der Waals surface area contributed by atoms with E-state index in [9.17, 15) is 0 Å². The second kappa shape index (κ2) is 6.73. The lowest BCUT2D eigenvalue weighted by Gasteiger charge is -2.13. The van der Waals surface area contributed by atoms with E-state index in [0.29, 0.717) is 6.61 Å². The summed E-state index contributed by atoms with van der Waals surface area (Å²) in [5, 5.41) is 4.14. The normalized spacial score (nSPS) is 12.4. The molecule has 1 aromatic heterocycles. The summed E-state index contributed by atoms with van der Waals surface area (Å²) >= 11 is 3.48. The van der Waals surface area contributed by atoms with Crippen molar-refractivity contribution in [3.63, 3.8) is 0 Å². The lowest BCUT2D eigenvalue weighted by atomic mass is 10.1. The van der Waals surface area contributed by atoms with E-state index in [-0.39, 0.29) is 6.04 Å². The molecule has 2 aromatic rings. The number of aromatic nitrogens is 2. The molecule has 1 heterocycles. The van der Waals surface area contributed by atoms with Gasteiger partial charge in [0.15, 0.2) is 0 Å². The zero-order valence-corrected chi connectivity index (χ0v) is 12.5. The Hall–Kier alpha value is -1.33. The van der Waals surface area contributed by atoms with Gasteiger partial charge in [-0.25, -0.2) is 0 Å². The van der Waals surface area contributed by atoms with Crippen LogP contribution in [0.15, 0.2) is 41.1 Å². The molecule has 0 aliphatic rings. The fraction of sp³-hybridized carbons (Fsp3) is 0.357. The van der Waals surface area contributed by atoms with Crippen LogP contribution in [0.4, 0.5) is 0 Å². The van der Waals surface area contributed by atoms with E-state index in [2.05, 4.69) is 27.1 Å². The van der Waals surface area contributed by atoms with Gasteiger partial charge in [0.1, 0.15) is 12.4 Å². The molecule has 1 aromatic carbocycles. The molecule has 0 saturated heterocycles. The fourth-order valence-corrected chi connectivity index (χ4v) is 2.29. The molecule has 2 rings (SSSR count). The first-order chi connectivity index (χ1) is 9.15. The van der Waals surface area contributed by atoms with E-state index >= 15 is 0 Å². The highest BCUT2D eigenvalue weighted by Crippen LogP contribution is 2.24. The summed E-state index contributed by atoms with van der Waals surface area (Å²) in [6.45, 7) is 3.32. The first-order valence-corrected chi connectivity index (χ1v) is 7.08. The van der Waals surface area contributed by atoms with Gasteiger partial charge >= 0.3 is 0 Å². The van der Waals surface area contributed by atoms with Crippen LogP contribution in [0.5, 0.6) is 5.75 Å². The second-order valence-corrected chi connectivity index (χ2v) is 5.47. The summed E-state index contributed by atoms with van der Waals surface area (Å²) in [5.41, 5.74) is 6.99. The molecule has 19 heavy (non-hydrogen) atoms. The Labute approximate surface area is 121 Å². The summed E-state index contributed by atoms with van der Waals surface area (Å²) < 4.78 is 8.72. The standard InChI is InChI=1S/C14H18BrN3O/c1-11(16)9-12-10-13(15)3-4-14(12)19-8-7-18-6-2-5-17-18/h2-6,10-11H,7-9,16H2,1H3. The van der Waals surface area contributed by atoms with Crippen LogP contribution in [0.1, 0.15) is 12.5 Å². The van der Waals surface area contributed by atoms with Crippen LogP contribution >= 0.6 is 15.9 Å². The van der Waals surface area contributed by atoms with Gasteiger partial charge in [-0.2, -0.15) is 5.10 Å². The van der Waals surface area contributed by atoms with Gasteiger partial charge in [0, 0.05) is 22.9 Å². The monoisotopic (exact) mass is 323 g/mol. The number of ether oxygens (including phenoxy) is 1. The van der Waals surface area contributed by atoms with Gasteiger partial charge in [0.05, 0.1) is 6.54 Å². The van der Waals surface area contributed by atoms with Gasteiger partial charge in [0.25, 0.3) is 0 Å². The highest BCUT2D eigenvalue weighted by atomic mass is 79.9. The van der Waals surface area contributed by atoms with Crippen LogP contribution in [0.3, 0.4) is 0 Å². The maximum absolute atomic E-state index is 5.86. The summed E-state index contributed by atoms with van der Waals surface area (Å²) in [5.74, 6) is 0.896. The quantitative estimate of drug-likeness (QED) is 0.889. The molecule has 0 radical (unpaired) electrons. The Morgan fingerprint density at radius 1 is 1.47 bits per heavy atom. The average molecular weight is 324 g/mol. The van der Waals surface area contributed by atoms with Crippen molar-refractivity contribution in [2.24, 2.45) is 5.73 Å². The SMILES string of the molecule is CC(N)Cc1cc(Br)ccc1OCCn1cccn1. The van der Waals surface area contributed by atoms with Crippen LogP contribution in [-0.2, 0) is 13.0 Å². The molecule has 1 unspecified atom stereocenters. The predicted molar refractivity (Wildman–Crippen MR) is 79.2 cm³/mol. The number of rotatable bonds is 6. The molecule has 102 valence electrons. The summed E-state index contributed by atoms with van der Waals surface area (Å²) in [4.78, 5) is 0. The van der Waals surface area contributed by atoms with E-state index < -0.39 is 0 Å². The lowest BCUT2D eigenvalue weighted by molar-refractivity contribution is 0.288. The van der Waals surface area contributed by atoms with E-state index in [0.717, 1.165) is 28.8 Å². The van der Waals surface area contributed by atoms with Gasteiger partial charge in [-0.15, -0.1) is 0 Å². The van der Waals surface area contributed by atoms with Crippen molar-refractivity contribution in [3.05, 3.63) is 46.7 Å². The molecule has 5 heteroatoms. The largest absolute Gasteiger partial charge is 0.491 e. The number of halogens is 1. The molecule has 0 amide bonds. The summed E-state index contributed by atoms with van der Waals surface area (Å²) in [6, 6.07) is 8.04. The van der Waals surface area contributed by atoms with Gasteiger partial charge in [-0.3, -0.25) is 4.68 Å². The lowest BCUT2D eigenvalue weighted by Crippen LogP contribution is -2.18. The maximum atomic E-state index is 5.86. The van der Waals surface area contributed by atoms with E-state index in [1.54, 1.807) is 6.20 Å². The van der Waals surface area contributed by atoms with Crippen molar-refractivity contribution < 1.29 is 4.74 Å². The van der Waals surface area contributed by atoms with Crippen molar-refractivity contribution in [3.8, 4) is 5.75 Å². The van der Waals surface area contributed by atoms with E-state index in [4.69, 9.17) is 10.5 Å². The highest BCUT2D eigenvalue weighted by Gasteiger charge is 2.07. The number of benzene rings is 1. The molecule has 0 fully saturated rings. The Morgan fingerprint density at radius 2 is 2.32 bits per heavy atom. The van der Waals surface area contributed by atoms with Gasteiger partial charge in [-0.1, -0.05) is 15.9 Å². The first-order valence-electron chi connectivity index (χ1n) is 6.29. The molecule has 0 aliphatic heterocycles. The van der Waals surface area contributed by atoms with Crippen LogP contribution in [0.2, 0.25) is 0 Å². The Balaban J connectivity index is 1.98. The smallest absolute Gasteiger partial charge is 0.122 e. The molecule has 2 N–H and O–H groups in total. The number of hydrogen-bond acceptors (Lipinski definition) is 3. The average Bonchev–Trinajstić information content (AvgIpc) is 2.84. The third-order valence-electron chi connectivity index (χ3n) is 2.70. The van der Waals surface area contributed by atoms with Crippen molar-refractivity contribution in [1.29, 1.82) is 0 Å². The molecular formula is C14H18BrN3O. The van der Waals surface area contributed by atoms with Crippen LogP contribution in [0, 0.1) is 0 Å².